The van der Waals surface area contributed by atoms with Crippen molar-refractivity contribution in [2.45, 2.75) is 19.1 Å². The third-order valence-electron chi connectivity index (χ3n) is 4.23. The lowest BCUT2D eigenvalue weighted by atomic mass is 10.1. The van der Waals surface area contributed by atoms with Gasteiger partial charge < -0.3 is 19.8 Å². The molecule has 0 aliphatic heterocycles. The van der Waals surface area contributed by atoms with Crippen LogP contribution in [-0.4, -0.2) is 29.7 Å². The van der Waals surface area contributed by atoms with Crippen molar-refractivity contribution in [1.29, 1.82) is 0 Å². The van der Waals surface area contributed by atoms with Crippen molar-refractivity contribution in [2.75, 3.05) is 6.61 Å². The summed E-state index contributed by atoms with van der Waals surface area (Å²) < 4.78 is 10.4. The van der Waals surface area contributed by atoms with Gasteiger partial charge in [-0.2, -0.15) is 0 Å². The van der Waals surface area contributed by atoms with Gasteiger partial charge >= 0.3 is 12.1 Å². The highest BCUT2D eigenvalue weighted by atomic mass is 16.6. The second-order valence-corrected chi connectivity index (χ2v) is 6.24. The molecule has 0 bridgehead atoms. The lowest BCUT2D eigenvalue weighted by Crippen LogP contribution is -2.43. The maximum Gasteiger partial charge on any atom is 0.408 e. The Bertz CT molecular complexity index is 949. The Kier molecular flexibility index (Phi) is 6.46. The first-order valence-electron chi connectivity index (χ1n) is 8.97. The van der Waals surface area contributed by atoms with Gasteiger partial charge in [-0.05, 0) is 17.2 Å². The number of ether oxygens (including phenoxy) is 2. The molecule has 1 amide bonds. The molecule has 2 aromatic carbocycles. The molecular formula is C22H22N2O4. The Balaban J connectivity index is 1.68. The zero-order valence-electron chi connectivity index (χ0n) is 15.4. The highest BCUT2D eigenvalue weighted by Crippen LogP contribution is 2.19. The molecule has 2 N–H and O–H groups in total. The van der Waals surface area contributed by atoms with Gasteiger partial charge in [0.05, 0.1) is 0 Å². The number of rotatable bonds is 8. The third kappa shape index (κ3) is 5.01. The molecule has 3 rings (SSSR count). The summed E-state index contributed by atoms with van der Waals surface area (Å²) in [5.41, 5.74) is 2.72. The van der Waals surface area contributed by atoms with Crippen LogP contribution >= 0.6 is 0 Å². The number of esters is 1. The molecule has 3 aromatic rings. The van der Waals surface area contributed by atoms with E-state index in [1.807, 2.05) is 60.8 Å². The van der Waals surface area contributed by atoms with Gasteiger partial charge in [-0.25, -0.2) is 9.59 Å². The number of nitrogens with one attached hydrogen (secondary N) is 2. The molecule has 0 aliphatic carbocycles. The predicted octanol–water partition coefficient (Wildman–Crippen LogP) is 3.73. The van der Waals surface area contributed by atoms with Gasteiger partial charge in [0, 0.05) is 23.5 Å². The first-order valence-corrected chi connectivity index (χ1v) is 8.97. The zero-order chi connectivity index (χ0) is 19.8. The smallest absolute Gasteiger partial charge is 0.408 e. The molecule has 0 radical (unpaired) electrons. The number of para-hydroxylation sites is 1. The van der Waals surface area contributed by atoms with E-state index in [2.05, 4.69) is 16.9 Å². The van der Waals surface area contributed by atoms with Crippen molar-refractivity contribution in [2.24, 2.45) is 0 Å². The van der Waals surface area contributed by atoms with Gasteiger partial charge in [-0.15, -0.1) is 0 Å². The molecule has 28 heavy (non-hydrogen) atoms. The van der Waals surface area contributed by atoms with E-state index in [1.54, 1.807) is 0 Å². The van der Waals surface area contributed by atoms with Crippen LogP contribution in [0.1, 0.15) is 11.1 Å². The summed E-state index contributed by atoms with van der Waals surface area (Å²) in [5.74, 6) is -0.540. The molecule has 6 heteroatoms. The number of carbonyl (C=O) groups excluding carboxylic acids is 2. The van der Waals surface area contributed by atoms with Gasteiger partial charge in [0.25, 0.3) is 0 Å². The lowest BCUT2D eigenvalue weighted by molar-refractivity contribution is -0.144. The van der Waals surface area contributed by atoms with Gasteiger partial charge in [0.1, 0.15) is 19.3 Å². The molecule has 1 aromatic heterocycles. The Morgan fingerprint density at radius 3 is 2.61 bits per heavy atom. The molecule has 6 nitrogen and oxygen atoms in total. The van der Waals surface area contributed by atoms with Crippen LogP contribution in [0.2, 0.25) is 0 Å². The molecule has 0 aliphatic rings. The van der Waals surface area contributed by atoms with Crippen molar-refractivity contribution in [3.8, 4) is 0 Å². The fraction of sp³-hybridized carbons (Fsp3) is 0.182. The number of amides is 1. The standard InChI is InChI=1S/C22H22N2O4/c1-2-12-27-21(25)20(13-17-14-23-19-11-7-6-10-18(17)19)24-22(26)28-15-16-8-4-3-5-9-16/h2-11,14,20,23H,1,12-13,15H2,(H,24,26)/t20-/m1/s1. The monoisotopic (exact) mass is 378 g/mol. The van der Waals surface area contributed by atoms with Gasteiger partial charge in [-0.1, -0.05) is 61.2 Å². The third-order valence-corrected chi connectivity index (χ3v) is 4.23. The van der Waals surface area contributed by atoms with E-state index in [0.29, 0.717) is 0 Å². The van der Waals surface area contributed by atoms with Crippen LogP contribution in [0.3, 0.4) is 0 Å². The number of alkyl carbamates (subject to hydrolysis) is 1. The van der Waals surface area contributed by atoms with Crippen LogP contribution in [0.15, 0.2) is 73.4 Å². The highest BCUT2D eigenvalue weighted by Gasteiger charge is 2.24. The Morgan fingerprint density at radius 1 is 1.07 bits per heavy atom. The zero-order valence-corrected chi connectivity index (χ0v) is 15.4. The minimum absolute atomic E-state index is 0.0734. The number of hydrogen-bond donors (Lipinski definition) is 2. The quantitative estimate of drug-likeness (QED) is 0.462. The molecule has 0 saturated carbocycles. The normalized spacial score (nSPS) is 11.6. The maximum absolute atomic E-state index is 12.4. The van der Waals surface area contributed by atoms with Crippen molar-refractivity contribution < 1.29 is 19.1 Å². The van der Waals surface area contributed by atoms with Crippen LogP contribution in [0.4, 0.5) is 4.79 Å². The number of benzene rings is 2. The summed E-state index contributed by atoms with van der Waals surface area (Å²) in [6.45, 7) is 3.73. The second kappa shape index (κ2) is 9.41. The first-order chi connectivity index (χ1) is 13.7. The molecule has 0 spiro atoms. The van der Waals surface area contributed by atoms with Crippen molar-refractivity contribution in [3.63, 3.8) is 0 Å². The highest BCUT2D eigenvalue weighted by molar-refractivity contribution is 5.86. The van der Waals surface area contributed by atoms with E-state index in [9.17, 15) is 9.59 Å². The van der Waals surface area contributed by atoms with E-state index < -0.39 is 18.1 Å². The molecular weight excluding hydrogens is 356 g/mol. The molecule has 0 fully saturated rings. The Hall–Kier alpha value is -3.54. The average molecular weight is 378 g/mol. The summed E-state index contributed by atoms with van der Waals surface area (Å²) in [4.78, 5) is 27.8. The van der Waals surface area contributed by atoms with Gasteiger partial charge in [0.15, 0.2) is 0 Å². The topological polar surface area (TPSA) is 80.4 Å². The van der Waals surface area contributed by atoms with Crippen LogP contribution < -0.4 is 5.32 Å². The molecule has 1 atom stereocenters. The molecule has 1 heterocycles. The van der Waals surface area contributed by atoms with Crippen LogP contribution in [0, 0.1) is 0 Å². The van der Waals surface area contributed by atoms with E-state index in [4.69, 9.17) is 9.47 Å². The van der Waals surface area contributed by atoms with E-state index in [-0.39, 0.29) is 19.6 Å². The first kappa shape index (κ1) is 19.2. The molecule has 144 valence electrons. The largest absolute Gasteiger partial charge is 0.460 e. The van der Waals surface area contributed by atoms with E-state index >= 15 is 0 Å². The summed E-state index contributed by atoms with van der Waals surface area (Å²) >= 11 is 0. The number of aromatic nitrogens is 1. The SMILES string of the molecule is C=CCOC(=O)[C@@H](Cc1c[nH]c2ccccc12)NC(=O)OCc1ccccc1. The van der Waals surface area contributed by atoms with Crippen LogP contribution in [0.5, 0.6) is 0 Å². The summed E-state index contributed by atoms with van der Waals surface area (Å²) in [5, 5.41) is 3.60. The Labute approximate surface area is 163 Å². The number of aromatic amines is 1. The van der Waals surface area contributed by atoms with E-state index in [0.717, 1.165) is 22.0 Å². The lowest BCUT2D eigenvalue weighted by Gasteiger charge is -2.17. The van der Waals surface area contributed by atoms with Crippen molar-refractivity contribution >= 4 is 23.0 Å². The van der Waals surface area contributed by atoms with Gasteiger partial charge in [-0.3, -0.25) is 0 Å². The molecule has 0 unspecified atom stereocenters. The maximum atomic E-state index is 12.4. The number of fused-ring (bicyclic) bond motifs is 1. The fourth-order valence-corrected chi connectivity index (χ4v) is 2.86. The fourth-order valence-electron chi connectivity index (χ4n) is 2.86. The number of carbonyl (C=O) groups is 2. The number of hydrogen-bond acceptors (Lipinski definition) is 4. The summed E-state index contributed by atoms with van der Waals surface area (Å²) in [6, 6.07) is 16.2. The van der Waals surface area contributed by atoms with Crippen LogP contribution in [0.25, 0.3) is 10.9 Å². The second-order valence-electron chi connectivity index (χ2n) is 6.24. The predicted molar refractivity (Wildman–Crippen MR) is 107 cm³/mol. The van der Waals surface area contributed by atoms with E-state index in [1.165, 1.54) is 6.08 Å². The average Bonchev–Trinajstić information content (AvgIpc) is 3.13. The summed E-state index contributed by atoms with van der Waals surface area (Å²) in [7, 11) is 0. The minimum Gasteiger partial charge on any atom is -0.460 e. The Morgan fingerprint density at radius 2 is 1.82 bits per heavy atom. The van der Waals surface area contributed by atoms with Crippen molar-refractivity contribution in [1.82, 2.24) is 10.3 Å². The minimum atomic E-state index is -0.873. The van der Waals surface area contributed by atoms with Crippen LogP contribution in [-0.2, 0) is 27.3 Å². The molecule has 0 saturated heterocycles. The van der Waals surface area contributed by atoms with Gasteiger partial charge in [0.2, 0.25) is 0 Å². The number of H-pyrrole nitrogens is 1. The van der Waals surface area contributed by atoms with Crippen molar-refractivity contribution in [3.05, 3.63) is 84.6 Å². The summed E-state index contributed by atoms with van der Waals surface area (Å²) in [6.07, 6.45) is 2.91.